The summed E-state index contributed by atoms with van der Waals surface area (Å²) in [6.45, 7) is 0.207. The zero-order valence-corrected chi connectivity index (χ0v) is 24.6. The zero-order chi connectivity index (χ0) is 35.1. The van der Waals surface area contributed by atoms with Gasteiger partial charge in [0.1, 0.15) is 17.3 Å². The molecule has 246 valence electrons. The number of carboxylic acids is 2. The number of carboxylic acid groups (broad SMARTS) is 2. The lowest BCUT2D eigenvalue weighted by molar-refractivity contribution is -0.140. The van der Waals surface area contributed by atoms with Crippen LogP contribution < -0.4 is 9.47 Å². The summed E-state index contributed by atoms with van der Waals surface area (Å²) in [5.41, 5.74) is -0.775. The van der Waals surface area contributed by atoms with Crippen molar-refractivity contribution in [1.29, 1.82) is 5.26 Å². The van der Waals surface area contributed by atoms with Gasteiger partial charge in [-0.25, -0.2) is 14.0 Å². The number of hydrogen-bond acceptors (Lipinski definition) is 5. The van der Waals surface area contributed by atoms with E-state index >= 15 is 0 Å². The van der Waals surface area contributed by atoms with Crippen molar-refractivity contribution in [1.82, 2.24) is 0 Å². The van der Waals surface area contributed by atoms with Gasteiger partial charge in [0, 0.05) is 21.7 Å². The molecular weight excluding hydrogens is 663 g/mol. The first-order valence-electron chi connectivity index (χ1n) is 13.0. The largest absolute Gasteiger partial charge is 0.481 e. The topological polar surface area (TPSA) is 117 Å². The minimum absolute atomic E-state index is 0.0261. The standard InChI is InChI=1S/C17H12F3NO3.C15H9ClF4O3/c1-10-6-11(8-21)2-4-13(10)14-7-12(17(18,19)20)3-5-15(14)24-9-16(22)23;16-9-2-3-10(12(17)6-9)11-5-8(15(18,19)20)1-4-13(11)23-7-14(21)22/h2-7H,9H2,1H3,(H,22,23);1-6H,7H2,(H,21,22). The molecule has 0 aliphatic rings. The SMILES string of the molecule is Cc1cc(C#N)ccc1-c1cc(C(F)(F)F)ccc1OCC(=O)O.O=C(O)COc1ccc(C(F)(F)F)cc1-c1ccc(Cl)cc1F. The van der Waals surface area contributed by atoms with Gasteiger partial charge in [-0.2, -0.15) is 31.6 Å². The Morgan fingerprint density at radius 1 is 0.723 bits per heavy atom. The Hall–Kier alpha value is -5.29. The summed E-state index contributed by atoms with van der Waals surface area (Å²) < 4.78 is 101. The van der Waals surface area contributed by atoms with Gasteiger partial charge in [0.2, 0.25) is 0 Å². The maximum atomic E-state index is 14.0. The van der Waals surface area contributed by atoms with Crippen LogP contribution in [-0.2, 0) is 21.9 Å². The lowest BCUT2D eigenvalue weighted by Crippen LogP contribution is -2.11. The molecule has 2 N–H and O–H groups in total. The summed E-state index contributed by atoms with van der Waals surface area (Å²) in [5.74, 6) is -3.55. The van der Waals surface area contributed by atoms with E-state index < -0.39 is 54.4 Å². The number of aryl methyl sites for hydroxylation is 1. The van der Waals surface area contributed by atoms with Gasteiger partial charge in [0.15, 0.2) is 13.2 Å². The summed E-state index contributed by atoms with van der Waals surface area (Å²) in [4.78, 5) is 21.2. The number of hydrogen-bond donors (Lipinski definition) is 2. The van der Waals surface area contributed by atoms with Crippen molar-refractivity contribution >= 4 is 23.5 Å². The van der Waals surface area contributed by atoms with E-state index in [1.54, 1.807) is 6.92 Å². The summed E-state index contributed by atoms with van der Waals surface area (Å²) in [6.07, 6.45) is -9.18. The molecular formula is C32H21ClF7NO6. The molecule has 4 aromatic carbocycles. The van der Waals surface area contributed by atoms with Gasteiger partial charge in [0.05, 0.1) is 22.8 Å². The van der Waals surface area contributed by atoms with Crippen LogP contribution in [0.4, 0.5) is 30.7 Å². The van der Waals surface area contributed by atoms with Gasteiger partial charge in [0.25, 0.3) is 0 Å². The molecule has 0 bridgehead atoms. The second-order valence-corrected chi connectivity index (χ2v) is 9.98. The quantitative estimate of drug-likeness (QED) is 0.179. The number of ether oxygens (including phenoxy) is 2. The lowest BCUT2D eigenvalue weighted by Gasteiger charge is -2.15. The molecule has 0 amide bonds. The van der Waals surface area contributed by atoms with Crippen molar-refractivity contribution in [3.05, 3.63) is 106 Å². The van der Waals surface area contributed by atoms with Crippen molar-refractivity contribution < 1.29 is 60.0 Å². The van der Waals surface area contributed by atoms with Crippen LogP contribution >= 0.6 is 11.6 Å². The van der Waals surface area contributed by atoms with Crippen LogP contribution in [0.1, 0.15) is 22.3 Å². The lowest BCUT2D eigenvalue weighted by atomic mass is 9.96. The van der Waals surface area contributed by atoms with E-state index in [1.807, 2.05) is 6.07 Å². The van der Waals surface area contributed by atoms with Crippen molar-refractivity contribution in [2.45, 2.75) is 19.3 Å². The molecule has 0 spiro atoms. The highest BCUT2D eigenvalue weighted by Crippen LogP contribution is 2.40. The predicted octanol–water partition coefficient (Wildman–Crippen LogP) is 8.64. The first-order chi connectivity index (χ1) is 21.9. The van der Waals surface area contributed by atoms with E-state index in [1.165, 1.54) is 30.3 Å². The molecule has 15 heteroatoms. The Balaban J connectivity index is 0.000000256. The van der Waals surface area contributed by atoms with Gasteiger partial charge < -0.3 is 19.7 Å². The third-order valence-corrected chi connectivity index (χ3v) is 6.42. The first-order valence-corrected chi connectivity index (χ1v) is 13.4. The van der Waals surface area contributed by atoms with E-state index in [9.17, 15) is 40.3 Å². The number of halogens is 8. The maximum Gasteiger partial charge on any atom is 0.416 e. The Morgan fingerprint density at radius 3 is 1.60 bits per heavy atom. The molecule has 0 atom stereocenters. The van der Waals surface area contributed by atoms with Crippen LogP contribution in [0.25, 0.3) is 22.3 Å². The molecule has 0 unspecified atom stereocenters. The second-order valence-electron chi connectivity index (χ2n) is 9.55. The highest BCUT2D eigenvalue weighted by molar-refractivity contribution is 6.30. The third kappa shape index (κ3) is 9.85. The third-order valence-electron chi connectivity index (χ3n) is 6.18. The molecule has 0 fully saturated rings. The van der Waals surface area contributed by atoms with Crippen LogP contribution in [0.3, 0.4) is 0 Å². The Labute approximate surface area is 267 Å². The summed E-state index contributed by atoms with van der Waals surface area (Å²) in [7, 11) is 0. The minimum atomic E-state index is -4.64. The number of carbonyl (C=O) groups is 2. The van der Waals surface area contributed by atoms with Gasteiger partial charge in [-0.1, -0.05) is 17.7 Å². The highest BCUT2D eigenvalue weighted by atomic mass is 35.5. The molecule has 47 heavy (non-hydrogen) atoms. The van der Waals surface area contributed by atoms with E-state index in [0.29, 0.717) is 22.8 Å². The van der Waals surface area contributed by atoms with Crippen LogP contribution in [0.15, 0.2) is 72.8 Å². The fourth-order valence-electron chi connectivity index (χ4n) is 4.11. The fraction of sp³-hybridized carbons (Fsp3) is 0.156. The van der Waals surface area contributed by atoms with Gasteiger partial charge in [-0.15, -0.1) is 0 Å². The molecule has 4 rings (SSSR count). The monoisotopic (exact) mass is 683 g/mol. The smallest absolute Gasteiger partial charge is 0.416 e. The molecule has 0 aromatic heterocycles. The van der Waals surface area contributed by atoms with Gasteiger partial charge >= 0.3 is 24.3 Å². The van der Waals surface area contributed by atoms with Crippen LogP contribution in [0, 0.1) is 24.1 Å². The van der Waals surface area contributed by atoms with E-state index in [0.717, 1.165) is 36.4 Å². The molecule has 4 aromatic rings. The second kappa shape index (κ2) is 14.9. The molecule has 0 heterocycles. The summed E-state index contributed by atoms with van der Waals surface area (Å²) >= 11 is 5.62. The Bertz CT molecular complexity index is 1830. The average Bonchev–Trinajstić information content (AvgIpc) is 2.98. The maximum absolute atomic E-state index is 14.0. The Kier molecular flexibility index (Phi) is 11.4. The van der Waals surface area contributed by atoms with E-state index in [-0.39, 0.29) is 33.2 Å². The normalized spacial score (nSPS) is 11.1. The fourth-order valence-corrected chi connectivity index (χ4v) is 4.27. The molecule has 0 saturated heterocycles. The molecule has 0 aliphatic carbocycles. The Morgan fingerprint density at radius 2 is 1.19 bits per heavy atom. The molecule has 0 aliphatic heterocycles. The van der Waals surface area contributed by atoms with Gasteiger partial charge in [-0.05, 0) is 84.8 Å². The van der Waals surface area contributed by atoms with Crippen LogP contribution in [0.2, 0.25) is 5.02 Å². The van der Waals surface area contributed by atoms with Crippen molar-refractivity contribution in [3.63, 3.8) is 0 Å². The number of benzene rings is 4. The minimum Gasteiger partial charge on any atom is -0.481 e. The summed E-state index contributed by atoms with van der Waals surface area (Å²) in [5, 5.41) is 26.3. The van der Waals surface area contributed by atoms with E-state index in [4.69, 9.17) is 36.5 Å². The average molecular weight is 684 g/mol. The zero-order valence-electron chi connectivity index (χ0n) is 23.8. The molecule has 0 radical (unpaired) electrons. The molecule has 0 saturated carbocycles. The highest BCUT2D eigenvalue weighted by Gasteiger charge is 2.32. The van der Waals surface area contributed by atoms with Crippen LogP contribution in [0.5, 0.6) is 11.5 Å². The molecule has 7 nitrogen and oxygen atoms in total. The summed E-state index contributed by atoms with van der Waals surface area (Å²) in [6, 6.07) is 15.1. The number of aliphatic carboxylic acids is 2. The number of nitrogens with zero attached hydrogens (tertiary/aromatic N) is 1. The van der Waals surface area contributed by atoms with Crippen molar-refractivity contribution in [2.75, 3.05) is 13.2 Å². The first kappa shape index (κ1) is 36.2. The number of rotatable bonds is 8. The number of nitriles is 1. The number of alkyl halides is 6. The van der Waals surface area contributed by atoms with Crippen molar-refractivity contribution in [2.24, 2.45) is 0 Å². The van der Waals surface area contributed by atoms with Gasteiger partial charge in [-0.3, -0.25) is 0 Å². The predicted molar refractivity (Wildman–Crippen MR) is 154 cm³/mol. The van der Waals surface area contributed by atoms with E-state index in [2.05, 4.69) is 0 Å². The van der Waals surface area contributed by atoms with Crippen LogP contribution in [-0.4, -0.2) is 35.4 Å². The van der Waals surface area contributed by atoms with Crippen molar-refractivity contribution in [3.8, 4) is 39.8 Å².